The van der Waals surface area contributed by atoms with Crippen molar-refractivity contribution in [1.29, 1.82) is 0 Å². The van der Waals surface area contributed by atoms with Crippen LogP contribution in [0.5, 0.6) is 0 Å². The van der Waals surface area contributed by atoms with Crippen molar-refractivity contribution in [3.8, 4) is 0 Å². The summed E-state index contributed by atoms with van der Waals surface area (Å²) in [6.07, 6.45) is 2.58. The SMILES string of the molecule is CCCN(CCC)C(=O)C1CC1C(=O)Nc1ccccc1C(C)(C)C. The molecule has 1 fully saturated rings. The minimum Gasteiger partial charge on any atom is -0.342 e. The van der Waals surface area contributed by atoms with Crippen molar-refractivity contribution >= 4 is 17.5 Å². The molecule has 4 heteroatoms. The van der Waals surface area contributed by atoms with Crippen LogP contribution in [0.2, 0.25) is 0 Å². The van der Waals surface area contributed by atoms with Gasteiger partial charge in [-0.05, 0) is 36.3 Å². The van der Waals surface area contributed by atoms with Crippen molar-refractivity contribution in [1.82, 2.24) is 4.90 Å². The Hall–Kier alpha value is -1.84. The standard InChI is InChI=1S/C21H32N2O2/c1-6-12-23(13-7-2)20(25)16-14-15(16)19(24)22-18-11-9-8-10-17(18)21(3,4)5/h8-11,15-16H,6-7,12-14H2,1-5H3,(H,22,24). The largest absolute Gasteiger partial charge is 0.342 e. The molecule has 1 saturated carbocycles. The van der Waals surface area contributed by atoms with Gasteiger partial charge in [-0.2, -0.15) is 0 Å². The van der Waals surface area contributed by atoms with Crippen molar-refractivity contribution in [2.75, 3.05) is 18.4 Å². The van der Waals surface area contributed by atoms with E-state index in [9.17, 15) is 9.59 Å². The normalized spacial score (nSPS) is 19.4. The molecule has 2 rings (SSSR count). The van der Waals surface area contributed by atoms with Gasteiger partial charge in [0.15, 0.2) is 0 Å². The molecule has 2 unspecified atom stereocenters. The molecule has 0 aromatic heterocycles. The van der Waals surface area contributed by atoms with E-state index in [-0.39, 0.29) is 29.1 Å². The van der Waals surface area contributed by atoms with E-state index in [2.05, 4.69) is 46.0 Å². The number of carbonyl (C=O) groups excluding carboxylic acids is 2. The van der Waals surface area contributed by atoms with E-state index in [0.717, 1.165) is 37.2 Å². The van der Waals surface area contributed by atoms with E-state index in [1.54, 1.807) is 0 Å². The van der Waals surface area contributed by atoms with E-state index in [4.69, 9.17) is 0 Å². The first-order chi connectivity index (χ1) is 11.8. The van der Waals surface area contributed by atoms with Crippen LogP contribution < -0.4 is 5.32 Å². The molecule has 0 bridgehead atoms. The molecule has 25 heavy (non-hydrogen) atoms. The van der Waals surface area contributed by atoms with Gasteiger partial charge in [-0.1, -0.05) is 52.8 Å². The minimum atomic E-state index is -0.184. The van der Waals surface area contributed by atoms with Gasteiger partial charge < -0.3 is 10.2 Å². The van der Waals surface area contributed by atoms with Gasteiger partial charge in [-0.25, -0.2) is 0 Å². The first-order valence-electron chi connectivity index (χ1n) is 9.48. The lowest BCUT2D eigenvalue weighted by Crippen LogP contribution is -2.34. The monoisotopic (exact) mass is 344 g/mol. The minimum absolute atomic E-state index is 0.0250. The lowest BCUT2D eigenvalue weighted by atomic mass is 9.86. The van der Waals surface area contributed by atoms with Gasteiger partial charge in [0.05, 0.1) is 11.8 Å². The average Bonchev–Trinajstić information content (AvgIpc) is 3.34. The summed E-state index contributed by atoms with van der Waals surface area (Å²) in [7, 11) is 0. The van der Waals surface area contributed by atoms with Crippen LogP contribution in [0.25, 0.3) is 0 Å². The van der Waals surface area contributed by atoms with E-state index in [0.29, 0.717) is 6.42 Å². The van der Waals surface area contributed by atoms with Crippen molar-refractivity contribution in [3.63, 3.8) is 0 Å². The summed E-state index contributed by atoms with van der Waals surface area (Å²) < 4.78 is 0. The summed E-state index contributed by atoms with van der Waals surface area (Å²) in [6, 6.07) is 7.92. The second kappa shape index (κ2) is 8.03. The maximum atomic E-state index is 12.6. The van der Waals surface area contributed by atoms with E-state index < -0.39 is 0 Å². The van der Waals surface area contributed by atoms with Gasteiger partial charge >= 0.3 is 0 Å². The van der Waals surface area contributed by atoms with Crippen molar-refractivity contribution in [3.05, 3.63) is 29.8 Å². The summed E-state index contributed by atoms with van der Waals surface area (Å²) in [6.45, 7) is 12.1. The second-order valence-electron chi connectivity index (χ2n) is 8.06. The zero-order valence-corrected chi connectivity index (χ0v) is 16.3. The second-order valence-corrected chi connectivity index (χ2v) is 8.06. The Balaban J connectivity index is 2.01. The van der Waals surface area contributed by atoms with Gasteiger partial charge in [0, 0.05) is 18.8 Å². The van der Waals surface area contributed by atoms with Crippen molar-refractivity contribution in [2.45, 2.75) is 59.3 Å². The molecule has 2 amide bonds. The molecule has 0 saturated heterocycles. The molecule has 2 atom stereocenters. The molecule has 0 aliphatic heterocycles. The van der Waals surface area contributed by atoms with Crippen LogP contribution in [-0.4, -0.2) is 29.8 Å². The van der Waals surface area contributed by atoms with Gasteiger partial charge in [0.1, 0.15) is 0 Å². The summed E-state index contributed by atoms with van der Waals surface area (Å²) in [5, 5.41) is 3.06. The highest BCUT2D eigenvalue weighted by Crippen LogP contribution is 2.41. The number of nitrogens with zero attached hydrogens (tertiary/aromatic N) is 1. The Labute approximate surface area is 152 Å². The van der Waals surface area contributed by atoms with Crippen molar-refractivity contribution < 1.29 is 9.59 Å². The fraction of sp³-hybridized carbons (Fsp3) is 0.619. The molecular formula is C21H32N2O2. The third-order valence-corrected chi connectivity index (χ3v) is 4.74. The van der Waals surface area contributed by atoms with Crippen LogP contribution in [0.15, 0.2) is 24.3 Å². The highest BCUT2D eigenvalue weighted by atomic mass is 16.2. The molecular weight excluding hydrogens is 312 g/mol. The number of rotatable bonds is 7. The van der Waals surface area contributed by atoms with Gasteiger partial charge in [-0.3, -0.25) is 9.59 Å². The Morgan fingerprint density at radius 2 is 1.68 bits per heavy atom. The molecule has 138 valence electrons. The maximum absolute atomic E-state index is 12.6. The maximum Gasteiger partial charge on any atom is 0.228 e. The van der Waals surface area contributed by atoms with Crippen LogP contribution in [0.4, 0.5) is 5.69 Å². The zero-order valence-electron chi connectivity index (χ0n) is 16.3. The van der Waals surface area contributed by atoms with Crippen molar-refractivity contribution in [2.24, 2.45) is 11.8 Å². The van der Waals surface area contributed by atoms with Crippen LogP contribution in [0.1, 0.15) is 59.4 Å². The number of para-hydroxylation sites is 1. The number of hydrogen-bond donors (Lipinski definition) is 1. The van der Waals surface area contributed by atoms with E-state index >= 15 is 0 Å². The highest BCUT2D eigenvalue weighted by Gasteiger charge is 2.49. The van der Waals surface area contributed by atoms with Crippen LogP contribution in [0, 0.1) is 11.8 Å². The topological polar surface area (TPSA) is 49.4 Å². The zero-order chi connectivity index (χ0) is 18.6. The number of nitrogens with one attached hydrogen (secondary N) is 1. The quantitative estimate of drug-likeness (QED) is 0.805. The van der Waals surface area contributed by atoms with Crippen LogP contribution >= 0.6 is 0 Å². The summed E-state index contributed by atoms with van der Waals surface area (Å²) in [5.41, 5.74) is 1.93. The molecule has 1 aliphatic carbocycles. The molecule has 1 aliphatic rings. The fourth-order valence-electron chi connectivity index (χ4n) is 3.34. The number of hydrogen-bond acceptors (Lipinski definition) is 2. The van der Waals surface area contributed by atoms with Crippen LogP contribution in [0.3, 0.4) is 0 Å². The predicted octanol–water partition coefficient (Wildman–Crippen LogP) is 4.21. The molecule has 0 radical (unpaired) electrons. The third kappa shape index (κ3) is 4.83. The molecule has 1 aromatic carbocycles. The number of anilines is 1. The summed E-state index contributed by atoms with van der Waals surface area (Å²) in [5.74, 6) is -0.201. The Morgan fingerprint density at radius 3 is 2.24 bits per heavy atom. The number of benzene rings is 1. The molecule has 1 N–H and O–H groups in total. The fourth-order valence-corrected chi connectivity index (χ4v) is 3.34. The molecule has 4 nitrogen and oxygen atoms in total. The van der Waals surface area contributed by atoms with Gasteiger partial charge in [0.2, 0.25) is 11.8 Å². The Bertz CT molecular complexity index is 613. The third-order valence-electron chi connectivity index (χ3n) is 4.74. The molecule has 1 aromatic rings. The smallest absolute Gasteiger partial charge is 0.228 e. The number of amides is 2. The van der Waals surface area contributed by atoms with Gasteiger partial charge in [0.25, 0.3) is 0 Å². The van der Waals surface area contributed by atoms with E-state index in [1.807, 2.05) is 23.1 Å². The average molecular weight is 344 g/mol. The molecule has 0 heterocycles. The summed E-state index contributed by atoms with van der Waals surface area (Å²) >= 11 is 0. The first-order valence-corrected chi connectivity index (χ1v) is 9.48. The van der Waals surface area contributed by atoms with E-state index in [1.165, 1.54) is 0 Å². The molecule has 0 spiro atoms. The summed E-state index contributed by atoms with van der Waals surface area (Å²) in [4.78, 5) is 27.2. The van der Waals surface area contributed by atoms with Crippen LogP contribution in [-0.2, 0) is 15.0 Å². The first kappa shape index (κ1) is 19.5. The highest BCUT2D eigenvalue weighted by molar-refractivity contribution is 6.00. The Kier molecular flexibility index (Phi) is 6.26. The predicted molar refractivity (Wildman–Crippen MR) is 103 cm³/mol. The Morgan fingerprint density at radius 1 is 1.08 bits per heavy atom. The lowest BCUT2D eigenvalue weighted by molar-refractivity contribution is -0.134. The van der Waals surface area contributed by atoms with Gasteiger partial charge in [-0.15, -0.1) is 0 Å². The lowest BCUT2D eigenvalue weighted by Gasteiger charge is -2.23. The number of carbonyl (C=O) groups is 2.